The number of rotatable bonds is 4. The van der Waals surface area contributed by atoms with E-state index in [0.717, 1.165) is 13.0 Å². The lowest BCUT2D eigenvalue weighted by atomic mass is 9.97. The lowest BCUT2D eigenvalue weighted by Crippen LogP contribution is -2.15. The molecular weight excluding hydrogens is 160 g/mol. The quantitative estimate of drug-likeness (QED) is 0.759. The lowest BCUT2D eigenvalue weighted by molar-refractivity contribution is 0.478. The first-order valence-electron chi connectivity index (χ1n) is 4.94. The molecule has 1 fully saturated rings. The molecule has 0 unspecified atom stereocenters. The van der Waals surface area contributed by atoms with Gasteiger partial charge < -0.3 is 5.73 Å². The maximum atomic E-state index is 5.72. The van der Waals surface area contributed by atoms with E-state index >= 15 is 0 Å². The van der Waals surface area contributed by atoms with Crippen LogP contribution in [0.3, 0.4) is 0 Å². The Kier molecular flexibility index (Phi) is 2.32. The molecule has 0 amide bonds. The average Bonchev–Trinajstić information content (AvgIpc) is 2.97. The topological polar surface area (TPSA) is 38.9 Å². The summed E-state index contributed by atoms with van der Waals surface area (Å²) >= 11 is 0. The first-order valence-corrected chi connectivity index (χ1v) is 4.94. The molecule has 0 bridgehead atoms. The van der Waals surface area contributed by atoms with Gasteiger partial charge in [-0.05, 0) is 55.3 Å². The predicted molar refractivity (Wildman–Crippen MR) is 53.3 cm³/mol. The highest BCUT2D eigenvalue weighted by atomic mass is 14.6. The third-order valence-corrected chi connectivity index (χ3v) is 3.08. The van der Waals surface area contributed by atoms with Crippen molar-refractivity contribution < 1.29 is 0 Å². The van der Waals surface area contributed by atoms with Gasteiger partial charge in [0.15, 0.2) is 0 Å². The van der Waals surface area contributed by atoms with Gasteiger partial charge in [-0.25, -0.2) is 0 Å². The molecule has 0 spiro atoms. The summed E-state index contributed by atoms with van der Waals surface area (Å²) < 4.78 is 0. The van der Waals surface area contributed by atoms with Gasteiger partial charge in [0.1, 0.15) is 0 Å². The molecule has 2 N–H and O–H groups in total. The van der Waals surface area contributed by atoms with E-state index in [4.69, 9.17) is 5.73 Å². The van der Waals surface area contributed by atoms with Gasteiger partial charge in [0.05, 0.1) is 0 Å². The van der Waals surface area contributed by atoms with Crippen molar-refractivity contribution in [2.75, 3.05) is 6.54 Å². The number of aryl methyl sites for hydroxylation is 1. The standard InChI is InChI=1S/C11H16N2/c12-9-11(5-6-11)4-1-10-2-7-13-8-3-10/h2-3,7-8H,1,4-6,9,12H2. The highest BCUT2D eigenvalue weighted by Gasteiger charge is 2.40. The molecule has 0 saturated heterocycles. The van der Waals surface area contributed by atoms with E-state index in [2.05, 4.69) is 17.1 Å². The number of nitrogens with zero attached hydrogens (tertiary/aromatic N) is 1. The zero-order chi connectivity index (χ0) is 9.15. The van der Waals surface area contributed by atoms with Crippen LogP contribution in [-0.4, -0.2) is 11.5 Å². The lowest BCUT2D eigenvalue weighted by Gasteiger charge is -2.10. The van der Waals surface area contributed by atoms with Crippen molar-refractivity contribution in [3.8, 4) is 0 Å². The molecule has 0 atom stereocenters. The summed E-state index contributed by atoms with van der Waals surface area (Å²) in [6, 6.07) is 4.18. The van der Waals surface area contributed by atoms with Crippen molar-refractivity contribution in [1.82, 2.24) is 4.98 Å². The van der Waals surface area contributed by atoms with E-state index in [1.54, 1.807) is 0 Å². The zero-order valence-corrected chi connectivity index (χ0v) is 7.87. The highest BCUT2D eigenvalue weighted by Crippen LogP contribution is 2.48. The summed E-state index contributed by atoms with van der Waals surface area (Å²) in [5.74, 6) is 0. The first-order chi connectivity index (χ1) is 6.35. The van der Waals surface area contributed by atoms with Gasteiger partial charge in [-0.2, -0.15) is 0 Å². The van der Waals surface area contributed by atoms with Crippen molar-refractivity contribution in [2.24, 2.45) is 11.1 Å². The SMILES string of the molecule is NCC1(CCc2ccncc2)CC1. The van der Waals surface area contributed by atoms with Gasteiger partial charge in [0, 0.05) is 12.4 Å². The van der Waals surface area contributed by atoms with Gasteiger partial charge in [-0.3, -0.25) is 4.98 Å². The fourth-order valence-corrected chi connectivity index (χ4v) is 1.69. The number of nitrogens with two attached hydrogens (primary N) is 1. The molecule has 70 valence electrons. The van der Waals surface area contributed by atoms with Gasteiger partial charge in [0.2, 0.25) is 0 Å². The number of aromatic nitrogens is 1. The maximum absolute atomic E-state index is 5.72. The minimum absolute atomic E-state index is 0.503. The predicted octanol–water partition coefficient (Wildman–Crippen LogP) is 1.75. The number of hydrogen-bond acceptors (Lipinski definition) is 2. The average molecular weight is 176 g/mol. The second kappa shape index (κ2) is 3.46. The van der Waals surface area contributed by atoms with E-state index in [-0.39, 0.29) is 0 Å². The molecule has 1 aliphatic rings. The summed E-state index contributed by atoms with van der Waals surface area (Å²) in [4.78, 5) is 4.00. The zero-order valence-electron chi connectivity index (χ0n) is 7.87. The molecule has 2 rings (SSSR count). The first kappa shape index (κ1) is 8.70. The molecule has 1 aromatic heterocycles. The van der Waals surface area contributed by atoms with Gasteiger partial charge in [-0.15, -0.1) is 0 Å². The summed E-state index contributed by atoms with van der Waals surface area (Å²) in [6.45, 7) is 0.859. The molecule has 1 saturated carbocycles. The minimum Gasteiger partial charge on any atom is -0.330 e. The van der Waals surface area contributed by atoms with Crippen LogP contribution in [-0.2, 0) is 6.42 Å². The van der Waals surface area contributed by atoms with Crippen molar-refractivity contribution in [1.29, 1.82) is 0 Å². The second-order valence-electron chi connectivity index (χ2n) is 4.06. The Bertz CT molecular complexity index is 265. The van der Waals surface area contributed by atoms with Crippen LogP contribution in [0, 0.1) is 5.41 Å². The van der Waals surface area contributed by atoms with E-state index in [1.165, 1.54) is 24.8 Å². The van der Waals surface area contributed by atoms with Crippen LogP contribution in [0.1, 0.15) is 24.8 Å². The molecular formula is C11H16N2. The Balaban J connectivity index is 1.86. The van der Waals surface area contributed by atoms with Crippen LogP contribution in [0.4, 0.5) is 0 Å². The fraction of sp³-hybridized carbons (Fsp3) is 0.545. The normalized spacial score (nSPS) is 18.5. The molecule has 13 heavy (non-hydrogen) atoms. The van der Waals surface area contributed by atoms with Crippen molar-refractivity contribution in [3.05, 3.63) is 30.1 Å². The Morgan fingerprint density at radius 3 is 2.54 bits per heavy atom. The van der Waals surface area contributed by atoms with Crippen molar-refractivity contribution in [3.63, 3.8) is 0 Å². The Morgan fingerprint density at radius 1 is 1.31 bits per heavy atom. The maximum Gasteiger partial charge on any atom is 0.0270 e. The third-order valence-electron chi connectivity index (χ3n) is 3.08. The van der Waals surface area contributed by atoms with Crippen molar-refractivity contribution in [2.45, 2.75) is 25.7 Å². The third kappa shape index (κ3) is 2.07. The molecule has 0 radical (unpaired) electrons. The molecule has 2 heteroatoms. The smallest absolute Gasteiger partial charge is 0.0270 e. The highest BCUT2D eigenvalue weighted by molar-refractivity contribution is 5.11. The Hall–Kier alpha value is -0.890. The van der Waals surface area contributed by atoms with Crippen LogP contribution in [0.2, 0.25) is 0 Å². The van der Waals surface area contributed by atoms with Gasteiger partial charge in [-0.1, -0.05) is 0 Å². The van der Waals surface area contributed by atoms with Crippen LogP contribution < -0.4 is 5.73 Å². The molecule has 1 heterocycles. The Morgan fingerprint density at radius 2 is 2.00 bits per heavy atom. The van der Waals surface area contributed by atoms with E-state index in [9.17, 15) is 0 Å². The van der Waals surface area contributed by atoms with Gasteiger partial charge >= 0.3 is 0 Å². The van der Waals surface area contributed by atoms with Crippen molar-refractivity contribution >= 4 is 0 Å². The van der Waals surface area contributed by atoms with Crippen LogP contribution in [0.5, 0.6) is 0 Å². The van der Waals surface area contributed by atoms with Crippen LogP contribution in [0.15, 0.2) is 24.5 Å². The molecule has 1 aliphatic carbocycles. The summed E-state index contributed by atoms with van der Waals surface area (Å²) in [5, 5.41) is 0. The van der Waals surface area contributed by atoms with Crippen LogP contribution in [0.25, 0.3) is 0 Å². The van der Waals surface area contributed by atoms with E-state index in [0.29, 0.717) is 5.41 Å². The summed E-state index contributed by atoms with van der Waals surface area (Å²) in [6.07, 6.45) is 8.77. The molecule has 1 aromatic rings. The minimum atomic E-state index is 0.503. The Labute approximate surface area is 79.2 Å². The number of pyridine rings is 1. The summed E-state index contributed by atoms with van der Waals surface area (Å²) in [7, 11) is 0. The fourth-order valence-electron chi connectivity index (χ4n) is 1.69. The monoisotopic (exact) mass is 176 g/mol. The van der Waals surface area contributed by atoms with E-state index in [1.807, 2.05) is 12.4 Å². The van der Waals surface area contributed by atoms with E-state index < -0.39 is 0 Å². The van der Waals surface area contributed by atoms with Crippen LogP contribution >= 0.6 is 0 Å². The molecule has 0 aliphatic heterocycles. The van der Waals surface area contributed by atoms with Gasteiger partial charge in [0.25, 0.3) is 0 Å². The molecule has 0 aromatic carbocycles. The largest absolute Gasteiger partial charge is 0.330 e. The number of hydrogen-bond donors (Lipinski definition) is 1. The molecule has 2 nitrogen and oxygen atoms in total. The summed E-state index contributed by atoms with van der Waals surface area (Å²) in [5.41, 5.74) is 7.61. The second-order valence-corrected chi connectivity index (χ2v) is 4.06.